The summed E-state index contributed by atoms with van der Waals surface area (Å²) in [4.78, 5) is 14.6. The maximum absolute atomic E-state index is 12.4. The average molecular weight is 250 g/mol. The Morgan fingerprint density at radius 2 is 2.25 bits per heavy atom. The Bertz CT molecular complexity index is 410. The first-order chi connectivity index (χ1) is 7.45. The topological polar surface area (TPSA) is 39.2 Å². The number of nitrogens with zero attached hydrogens (tertiary/aromatic N) is 1. The number of hydrogen-bond acceptors (Lipinski definition) is 3. The van der Waals surface area contributed by atoms with Crippen LogP contribution in [0.4, 0.5) is 8.78 Å². The van der Waals surface area contributed by atoms with E-state index in [1.54, 1.807) is 6.92 Å². The van der Waals surface area contributed by atoms with Gasteiger partial charge in [-0.3, -0.25) is 4.79 Å². The second-order valence-electron chi connectivity index (χ2n) is 3.18. The molecule has 0 aliphatic rings. The number of carbonyl (C=O) groups is 1. The van der Waals surface area contributed by atoms with Crippen molar-refractivity contribution < 1.29 is 18.3 Å². The summed E-state index contributed by atoms with van der Waals surface area (Å²) in [6, 6.07) is 1.17. The van der Waals surface area contributed by atoms with E-state index in [1.807, 2.05) is 0 Å². The molecular formula is C10H10ClF2NO2. The molecule has 3 nitrogen and oxygen atoms in total. The first-order valence-electron chi connectivity index (χ1n) is 4.46. The van der Waals surface area contributed by atoms with Gasteiger partial charge in [-0.05, 0) is 24.1 Å². The van der Waals surface area contributed by atoms with E-state index in [0.717, 1.165) is 0 Å². The van der Waals surface area contributed by atoms with Crippen LogP contribution in [-0.4, -0.2) is 18.1 Å². The summed E-state index contributed by atoms with van der Waals surface area (Å²) in [5.41, 5.74) is 0.480. The number of halogens is 3. The van der Waals surface area contributed by atoms with Crippen molar-refractivity contribution in [1.82, 2.24) is 4.98 Å². The van der Waals surface area contributed by atoms with E-state index in [4.69, 9.17) is 11.6 Å². The Kier molecular flexibility index (Phi) is 4.18. The molecule has 1 heterocycles. The molecule has 0 atom stereocenters. The molecule has 1 aromatic rings. The predicted octanol–water partition coefficient (Wildman–Crippen LogP) is 2.70. The van der Waals surface area contributed by atoms with E-state index >= 15 is 0 Å². The van der Waals surface area contributed by atoms with E-state index < -0.39 is 18.1 Å². The van der Waals surface area contributed by atoms with Crippen LogP contribution < -0.4 is 0 Å². The zero-order valence-electron chi connectivity index (χ0n) is 8.76. The second-order valence-corrected chi connectivity index (χ2v) is 3.53. The fourth-order valence-electron chi connectivity index (χ4n) is 1.17. The molecule has 88 valence electrons. The van der Waals surface area contributed by atoms with Crippen LogP contribution >= 0.6 is 11.6 Å². The Morgan fingerprint density at radius 3 is 2.75 bits per heavy atom. The van der Waals surface area contributed by atoms with Gasteiger partial charge in [-0.2, -0.15) is 0 Å². The van der Waals surface area contributed by atoms with E-state index in [0.29, 0.717) is 11.1 Å². The fraction of sp³-hybridized carbons (Fsp3) is 0.400. The average Bonchev–Trinajstić information content (AvgIpc) is 2.23. The maximum Gasteiger partial charge on any atom is 0.309 e. The molecule has 0 aliphatic heterocycles. The largest absolute Gasteiger partial charge is 0.469 e. The van der Waals surface area contributed by atoms with Crippen LogP contribution in [0.2, 0.25) is 5.15 Å². The third-order valence-corrected chi connectivity index (χ3v) is 2.49. The van der Waals surface area contributed by atoms with Crippen molar-refractivity contribution in [2.45, 2.75) is 19.8 Å². The van der Waals surface area contributed by atoms with Gasteiger partial charge in [0.15, 0.2) is 0 Å². The summed E-state index contributed by atoms with van der Waals surface area (Å²) < 4.78 is 29.3. The van der Waals surface area contributed by atoms with Crippen molar-refractivity contribution in [1.29, 1.82) is 0 Å². The number of pyridine rings is 1. The highest BCUT2D eigenvalue weighted by molar-refractivity contribution is 6.30. The summed E-state index contributed by atoms with van der Waals surface area (Å²) in [5, 5.41) is -0.0169. The Morgan fingerprint density at radius 1 is 1.62 bits per heavy atom. The summed E-state index contributed by atoms with van der Waals surface area (Å²) in [6.45, 7) is 1.61. The number of alkyl halides is 2. The van der Waals surface area contributed by atoms with E-state index in [9.17, 15) is 13.6 Å². The smallest absolute Gasteiger partial charge is 0.309 e. The molecule has 0 N–H and O–H groups in total. The van der Waals surface area contributed by atoms with Crippen molar-refractivity contribution in [2.24, 2.45) is 0 Å². The van der Waals surface area contributed by atoms with Crippen LogP contribution in [0, 0.1) is 6.92 Å². The molecule has 0 radical (unpaired) electrons. The lowest BCUT2D eigenvalue weighted by molar-refractivity contribution is -0.139. The van der Waals surface area contributed by atoms with Crippen LogP contribution in [0.5, 0.6) is 0 Å². The van der Waals surface area contributed by atoms with Gasteiger partial charge in [-0.1, -0.05) is 11.6 Å². The van der Waals surface area contributed by atoms with Gasteiger partial charge in [0.2, 0.25) is 0 Å². The van der Waals surface area contributed by atoms with Gasteiger partial charge in [-0.15, -0.1) is 0 Å². The number of methoxy groups -OCH3 is 1. The molecule has 0 spiro atoms. The quantitative estimate of drug-likeness (QED) is 0.611. The van der Waals surface area contributed by atoms with Gasteiger partial charge in [-0.25, -0.2) is 13.8 Å². The maximum atomic E-state index is 12.4. The molecule has 0 fully saturated rings. The summed E-state index contributed by atoms with van der Waals surface area (Å²) in [5.74, 6) is -0.509. The highest BCUT2D eigenvalue weighted by atomic mass is 35.5. The van der Waals surface area contributed by atoms with Gasteiger partial charge in [0.1, 0.15) is 10.8 Å². The SMILES string of the molecule is COC(=O)Cc1cc(C(F)F)nc(Cl)c1C. The zero-order valence-corrected chi connectivity index (χ0v) is 9.52. The number of ether oxygens (including phenoxy) is 1. The first kappa shape index (κ1) is 12.8. The molecule has 0 aliphatic carbocycles. The minimum atomic E-state index is -2.71. The number of aromatic nitrogens is 1. The lowest BCUT2D eigenvalue weighted by Gasteiger charge is -2.08. The summed E-state index contributed by atoms with van der Waals surface area (Å²) in [7, 11) is 1.23. The van der Waals surface area contributed by atoms with Gasteiger partial charge < -0.3 is 4.74 Å². The molecule has 1 aromatic heterocycles. The van der Waals surface area contributed by atoms with Crippen molar-refractivity contribution >= 4 is 17.6 Å². The Labute approximate surface area is 96.4 Å². The molecule has 6 heteroatoms. The molecule has 0 aromatic carbocycles. The molecule has 0 amide bonds. The van der Waals surface area contributed by atoms with Crippen molar-refractivity contribution in [3.8, 4) is 0 Å². The lowest BCUT2D eigenvalue weighted by atomic mass is 10.1. The van der Waals surface area contributed by atoms with Crippen molar-refractivity contribution in [3.63, 3.8) is 0 Å². The minimum absolute atomic E-state index is 0.0169. The predicted molar refractivity (Wildman–Crippen MR) is 54.7 cm³/mol. The molecule has 16 heavy (non-hydrogen) atoms. The molecule has 1 rings (SSSR count). The van der Waals surface area contributed by atoms with Crippen LogP contribution in [0.15, 0.2) is 6.07 Å². The molecule has 0 saturated carbocycles. The number of hydrogen-bond donors (Lipinski definition) is 0. The zero-order chi connectivity index (χ0) is 12.3. The minimum Gasteiger partial charge on any atom is -0.469 e. The standard InChI is InChI=1S/C10H10ClF2NO2/c1-5-6(4-8(15)16-2)3-7(10(12)13)14-9(5)11/h3,10H,4H2,1-2H3. The van der Waals surface area contributed by atoms with Gasteiger partial charge in [0.05, 0.1) is 13.5 Å². The number of carbonyl (C=O) groups excluding carboxylic acids is 1. The Balaban J connectivity index is 3.11. The van der Waals surface area contributed by atoms with E-state index in [2.05, 4.69) is 9.72 Å². The normalized spacial score (nSPS) is 10.6. The van der Waals surface area contributed by atoms with Crippen LogP contribution in [-0.2, 0) is 16.0 Å². The number of rotatable bonds is 3. The second kappa shape index (κ2) is 5.21. The van der Waals surface area contributed by atoms with Gasteiger partial charge in [0.25, 0.3) is 6.43 Å². The molecule has 0 saturated heterocycles. The third kappa shape index (κ3) is 2.88. The third-order valence-electron chi connectivity index (χ3n) is 2.13. The van der Waals surface area contributed by atoms with Crippen LogP contribution in [0.25, 0.3) is 0 Å². The van der Waals surface area contributed by atoms with Crippen LogP contribution in [0.1, 0.15) is 23.2 Å². The van der Waals surface area contributed by atoms with Gasteiger partial charge >= 0.3 is 5.97 Å². The monoisotopic (exact) mass is 249 g/mol. The molecule has 0 bridgehead atoms. The van der Waals surface area contributed by atoms with Gasteiger partial charge in [0, 0.05) is 0 Å². The fourth-order valence-corrected chi connectivity index (χ4v) is 1.39. The highest BCUT2D eigenvalue weighted by Crippen LogP contribution is 2.24. The van der Waals surface area contributed by atoms with E-state index in [-0.39, 0.29) is 11.6 Å². The first-order valence-corrected chi connectivity index (χ1v) is 4.84. The Hall–Kier alpha value is -1.23. The number of esters is 1. The summed E-state index contributed by atoms with van der Waals surface area (Å²) in [6.07, 6.45) is -2.81. The molecular weight excluding hydrogens is 240 g/mol. The van der Waals surface area contributed by atoms with Crippen LogP contribution in [0.3, 0.4) is 0 Å². The highest BCUT2D eigenvalue weighted by Gasteiger charge is 2.16. The van der Waals surface area contributed by atoms with Crippen molar-refractivity contribution in [3.05, 3.63) is 28.0 Å². The van der Waals surface area contributed by atoms with Crippen molar-refractivity contribution in [2.75, 3.05) is 7.11 Å². The van der Waals surface area contributed by atoms with E-state index in [1.165, 1.54) is 13.2 Å². The molecule has 0 unspecified atom stereocenters. The summed E-state index contributed by atoms with van der Waals surface area (Å²) >= 11 is 5.69. The lowest BCUT2D eigenvalue weighted by Crippen LogP contribution is -2.08.